The fourth-order valence-electron chi connectivity index (χ4n) is 3.42. The van der Waals surface area contributed by atoms with Crippen LogP contribution in [0.15, 0.2) is 59.4 Å². The largest absolute Gasteiger partial charge is 0.465 e. The van der Waals surface area contributed by atoms with Crippen LogP contribution < -0.4 is 5.56 Å². The number of aromatic nitrogens is 1. The second-order valence-corrected chi connectivity index (χ2v) is 7.99. The fourth-order valence-corrected chi connectivity index (χ4v) is 4.00. The van der Waals surface area contributed by atoms with E-state index in [2.05, 4.69) is 25.1 Å². The van der Waals surface area contributed by atoms with E-state index in [1.807, 2.05) is 18.2 Å². The number of nitrogens with zero attached hydrogens (tertiary/aromatic N) is 1. The van der Waals surface area contributed by atoms with E-state index in [9.17, 15) is 9.59 Å². The molecule has 0 aliphatic rings. The molecular weight excluding hydrogens is 421 g/mol. The maximum atomic E-state index is 12.7. The molecule has 3 rings (SSSR count). The van der Waals surface area contributed by atoms with Crippen LogP contribution in [0, 0.1) is 6.92 Å². The molecule has 0 unspecified atom stereocenters. The molecular formula is C24H23Cl2NO3. The Balaban J connectivity index is 1.81. The zero-order valence-corrected chi connectivity index (χ0v) is 18.5. The average Bonchev–Trinajstić information content (AvgIpc) is 2.74. The molecule has 0 atom stereocenters. The molecule has 0 fully saturated rings. The van der Waals surface area contributed by atoms with Crippen molar-refractivity contribution in [2.75, 3.05) is 7.11 Å². The Morgan fingerprint density at radius 2 is 1.67 bits per heavy atom. The van der Waals surface area contributed by atoms with Gasteiger partial charge in [-0.15, -0.1) is 0 Å². The van der Waals surface area contributed by atoms with E-state index in [1.54, 1.807) is 16.7 Å². The molecule has 30 heavy (non-hydrogen) atoms. The summed E-state index contributed by atoms with van der Waals surface area (Å²) < 4.78 is 6.38. The Labute approximate surface area is 186 Å². The first-order chi connectivity index (χ1) is 14.4. The van der Waals surface area contributed by atoms with Gasteiger partial charge in [0, 0.05) is 12.2 Å². The van der Waals surface area contributed by atoms with Gasteiger partial charge in [-0.1, -0.05) is 65.2 Å². The molecule has 0 saturated heterocycles. The number of benzene rings is 2. The average molecular weight is 444 g/mol. The third kappa shape index (κ3) is 5.32. The number of halogens is 2. The number of aryl methyl sites for hydroxylation is 3. The molecule has 0 N–H and O–H groups in total. The lowest BCUT2D eigenvalue weighted by Gasteiger charge is -2.16. The molecule has 0 aliphatic heterocycles. The first-order valence-corrected chi connectivity index (χ1v) is 10.4. The Morgan fingerprint density at radius 3 is 2.33 bits per heavy atom. The van der Waals surface area contributed by atoms with Crippen molar-refractivity contribution in [3.05, 3.63) is 103 Å². The van der Waals surface area contributed by atoms with Gasteiger partial charge < -0.3 is 9.30 Å². The van der Waals surface area contributed by atoms with Crippen LogP contribution in [0.25, 0.3) is 0 Å². The van der Waals surface area contributed by atoms with Crippen LogP contribution in [0.4, 0.5) is 0 Å². The summed E-state index contributed by atoms with van der Waals surface area (Å²) in [7, 11) is 1.35. The first-order valence-electron chi connectivity index (χ1n) is 9.69. The van der Waals surface area contributed by atoms with E-state index in [1.165, 1.54) is 24.3 Å². The van der Waals surface area contributed by atoms with E-state index in [0.29, 0.717) is 30.0 Å². The smallest absolute Gasteiger partial charge is 0.337 e. The molecule has 0 saturated carbocycles. The van der Waals surface area contributed by atoms with Crippen molar-refractivity contribution in [2.45, 2.75) is 32.7 Å². The number of pyridine rings is 1. The van der Waals surface area contributed by atoms with E-state index in [-0.39, 0.29) is 16.6 Å². The molecule has 1 aromatic heterocycles. The molecule has 2 aromatic carbocycles. The van der Waals surface area contributed by atoms with Crippen LogP contribution in [0.1, 0.15) is 32.7 Å². The fraction of sp³-hybridized carbons (Fsp3) is 0.250. The minimum atomic E-state index is -0.377. The van der Waals surface area contributed by atoms with Gasteiger partial charge in [0.05, 0.1) is 17.7 Å². The van der Waals surface area contributed by atoms with Gasteiger partial charge in [0.1, 0.15) is 5.02 Å². The third-order valence-corrected chi connectivity index (χ3v) is 5.63. The van der Waals surface area contributed by atoms with Crippen molar-refractivity contribution in [1.29, 1.82) is 0 Å². The highest BCUT2D eigenvalue weighted by atomic mass is 35.5. The third-order valence-electron chi connectivity index (χ3n) is 5.04. The zero-order valence-electron chi connectivity index (χ0n) is 17.0. The van der Waals surface area contributed by atoms with Crippen molar-refractivity contribution in [3.8, 4) is 0 Å². The van der Waals surface area contributed by atoms with Gasteiger partial charge in [0.25, 0.3) is 5.56 Å². The second kappa shape index (κ2) is 9.96. The molecule has 6 heteroatoms. The Hall–Kier alpha value is -2.56. The number of carbonyl (C=O) groups is 1. The highest BCUT2D eigenvalue weighted by Crippen LogP contribution is 2.21. The van der Waals surface area contributed by atoms with Crippen LogP contribution in [0.3, 0.4) is 0 Å². The monoisotopic (exact) mass is 443 g/mol. The quantitative estimate of drug-likeness (QED) is 0.466. The van der Waals surface area contributed by atoms with E-state index in [0.717, 1.165) is 17.7 Å². The van der Waals surface area contributed by atoms with Crippen molar-refractivity contribution in [2.24, 2.45) is 0 Å². The van der Waals surface area contributed by atoms with Gasteiger partial charge in [-0.05, 0) is 55.5 Å². The van der Waals surface area contributed by atoms with Gasteiger partial charge in [-0.2, -0.15) is 0 Å². The summed E-state index contributed by atoms with van der Waals surface area (Å²) >= 11 is 12.6. The number of rotatable bonds is 7. The SMILES string of the molecule is COC(=O)c1ccc(CCn2c(CCc3cccc(C)c3)c(Cl)cc(Cl)c2=O)cc1. The topological polar surface area (TPSA) is 48.3 Å². The highest BCUT2D eigenvalue weighted by Gasteiger charge is 2.13. The maximum absolute atomic E-state index is 12.7. The summed E-state index contributed by atoms with van der Waals surface area (Å²) in [6, 6.07) is 17.0. The summed E-state index contributed by atoms with van der Waals surface area (Å²) in [5.41, 5.74) is 4.41. The molecule has 0 spiro atoms. The molecule has 0 aliphatic carbocycles. The van der Waals surface area contributed by atoms with E-state index >= 15 is 0 Å². The normalized spacial score (nSPS) is 10.8. The number of ether oxygens (including phenoxy) is 1. The summed E-state index contributed by atoms with van der Waals surface area (Å²) in [5.74, 6) is -0.377. The molecule has 0 bridgehead atoms. The number of hydrogen-bond acceptors (Lipinski definition) is 3. The van der Waals surface area contributed by atoms with Crippen LogP contribution in [-0.4, -0.2) is 17.6 Å². The summed E-state index contributed by atoms with van der Waals surface area (Å²) in [6.45, 7) is 2.50. The van der Waals surface area contributed by atoms with Gasteiger partial charge in [-0.3, -0.25) is 4.79 Å². The Bertz CT molecular complexity index is 1100. The summed E-state index contributed by atoms with van der Waals surface area (Å²) in [6.07, 6.45) is 2.02. The maximum Gasteiger partial charge on any atom is 0.337 e. The van der Waals surface area contributed by atoms with Crippen LogP contribution in [-0.2, 0) is 30.5 Å². The van der Waals surface area contributed by atoms with Gasteiger partial charge in [0.15, 0.2) is 0 Å². The van der Waals surface area contributed by atoms with Crippen molar-refractivity contribution >= 4 is 29.2 Å². The molecule has 0 radical (unpaired) electrons. The molecule has 156 valence electrons. The lowest BCUT2D eigenvalue weighted by molar-refractivity contribution is 0.0600. The van der Waals surface area contributed by atoms with Crippen molar-refractivity contribution in [1.82, 2.24) is 4.57 Å². The Kier molecular flexibility index (Phi) is 7.35. The van der Waals surface area contributed by atoms with Gasteiger partial charge in [-0.25, -0.2) is 4.79 Å². The second-order valence-electron chi connectivity index (χ2n) is 7.17. The van der Waals surface area contributed by atoms with Crippen LogP contribution in [0.2, 0.25) is 10.0 Å². The molecule has 0 amide bonds. The van der Waals surface area contributed by atoms with Crippen LogP contribution >= 0.6 is 23.2 Å². The van der Waals surface area contributed by atoms with Crippen molar-refractivity contribution in [3.63, 3.8) is 0 Å². The van der Waals surface area contributed by atoms with Crippen molar-refractivity contribution < 1.29 is 9.53 Å². The predicted molar refractivity (Wildman–Crippen MR) is 121 cm³/mol. The Morgan fingerprint density at radius 1 is 0.933 bits per heavy atom. The zero-order chi connectivity index (χ0) is 21.7. The minimum Gasteiger partial charge on any atom is -0.465 e. The highest BCUT2D eigenvalue weighted by molar-refractivity contribution is 6.34. The first kappa shape index (κ1) is 22.1. The van der Waals surface area contributed by atoms with Crippen LogP contribution in [0.5, 0.6) is 0 Å². The molecule has 4 nitrogen and oxygen atoms in total. The minimum absolute atomic E-state index is 0.111. The molecule has 3 aromatic rings. The van der Waals surface area contributed by atoms with E-state index in [4.69, 9.17) is 27.9 Å². The lowest BCUT2D eigenvalue weighted by Crippen LogP contribution is -2.25. The van der Waals surface area contributed by atoms with Gasteiger partial charge in [0.2, 0.25) is 0 Å². The lowest BCUT2D eigenvalue weighted by atomic mass is 10.0. The number of esters is 1. The van der Waals surface area contributed by atoms with Gasteiger partial charge >= 0.3 is 5.97 Å². The summed E-state index contributed by atoms with van der Waals surface area (Å²) in [4.78, 5) is 24.3. The number of carbonyl (C=O) groups excluding carboxylic acids is 1. The van der Waals surface area contributed by atoms with E-state index < -0.39 is 0 Å². The summed E-state index contributed by atoms with van der Waals surface area (Å²) in [5, 5.41) is 0.605. The standard InChI is InChI=1S/C24H23Cl2NO3/c1-16-4-3-5-18(14-16)8-11-22-20(25)15-21(26)23(28)27(22)13-12-17-6-9-19(10-7-17)24(29)30-2/h3-7,9-10,14-15H,8,11-13H2,1-2H3. The number of hydrogen-bond donors (Lipinski definition) is 0. The number of methoxy groups -OCH3 is 1. The predicted octanol–water partition coefficient (Wildman–Crippen LogP) is 5.28. The molecule has 1 heterocycles.